The first-order valence-electron chi connectivity index (χ1n) is 12.2. The van der Waals surface area contributed by atoms with Crippen LogP contribution in [0.1, 0.15) is 54.9 Å². The Morgan fingerprint density at radius 2 is 1.46 bits per heavy atom. The van der Waals surface area contributed by atoms with E-state index in [0.29, 0.717) is 12.8 Å². The zero-order valence-corrected chi connectivity index (χ0v) is 20.4. The van der Waals surface area contributed by atoms with Crippen LogP contribution in [0.5, 0.6) is 0 Å². The number of halogens is 1. The number of ether oxygens (including phenoxy) is 1. The highest BCUT2D eigenvalue weighted by Gasteiger charge is 2.16. The number of hydrogen-bond acceptors (Lipinski definition) is 2. The number of allylic oxidation sites excluding steroid dienone is 1. The average molecular weight is 467 g/mol. The molecule has 4 rings (SSSR count). The molecule has 0 N–H and O–H groups in total. The first-order chi connectivity index (χ1) is 17.1. The molecule has 0 aliphatic heterocycles. The van der Waals surface area contributed by atoms with Crippen molar-refractivity contribution in [2.24, 2.45) is 0 Å². The Morgan fingerprint density at radius 1 is 0.800 bits per heavy atom. The number of aryl methyl sites for hydroxylation is 1. The summed E-state index contributed by atoms with van der Waals surface area (Å²) < 4.78 is 18.6. The molecule has 0 amide bonds. The number of carbonyl (C=O) groups excluding carboxylic acids is 1. The summed E-state index contributed by atoms with van der Waals surface area (Å²) in [4.78, 5) is 11.6. The van der Waals surface area contributed by atoms with Crippen LogP contribution in [-0.2, 0) is 16.0 Å². The number of hydrogen-bond donors (Lipinski definition) is 0. The summed E-state index contributed by atoms with van der Waals surface area (Å²) in [6, 6.07) is 30.1. The van der Waals surface area contributed by atoms with Crippen molar-refractivity contribution < 1.29 is 13.9 Å². The van der Waals surface area contributed by atoms with Crippen LogP contribution in [-0.4, -0.2) is 13.1 Å². The monoisotopic (exact) mass is 466 g/mol. The van der Waals surface area contributed by atoms with Gasteiger partial charge in [0.05, 0.1) is 7.11 Å². The van der Waals surface area contributed by atoms with E-state index in [9.17, 15) is 9.18 Å². The molecule has 3 heteroatoms. The van der Waals surface area contributed by atoms with Crippen molar-refractivity contribution in [1.29, 1.82) is 0 Å². The first kappa shape index (κ1) is 24.4. The van der Waals surface area contributed by atoms with Crippen LogP contribution in [0.4, 0.5) is 4.39 Å². The SMILES string of the molecule is CCCC/C(=C(/c1ccc(F)cc1)c1ccc(CCC(=O)OC)cc1)c1cccc2ccccc12. The lowest BCUT2D eigenvalue weighted by Crippen LogP contribution is -2.02. The van der Waals surface area contributed by atoms with Gasteiger partial charge in [-0.3, -0.25) is 4.79 Å². The van der Waals surface area contributed by atoms with Gasteiger partial charge in [0.25, 0.3) is 0 Å². The normalized spacial score (nSPS) is 11.9. The lowest BCUT2D eigenvalue weighted by Gasteiger charge is -2.19. The lowest BCUT2D eigenvalue weighted by atomic mass is 9.85. The highest BCUT2D eigenvalue weighted by Crippen LogP contribution is 2.38. The predicted molar refractivity (Wildman–Crippen MR) is 143 cm³/mol. The number of benzene rings is 4. The van der Waals surface area contributed by atoms with Crippen molar-refractivity contribution in [2.75, 3.05) is 7.11 Å². The van der Waals surface area contributed by atoms with E-state index in [1.54, 1.807) is 0 Å². The molecular weight excluding hydrogens is 435 g/mol. The second-order valence-electron chi connectivity index (χ2n) is 8.76. The summed E-state index contributed by atoms with van der Waals surface area (Å²) in [7, 11) is 1.41. The molecule has 0 radical (unpaired) electrons. The van der Waals surface area contributed by atoms with Crippen molar-refractivity contribution in [2.45, 2.75) is 39.0 Å². The Bertz CT molecular complexity index is 1310. The van der Waals surface area contributed by atoms with Crippen molar-refractivity contribution in [1.82, 2.24) is 0 Å². The number of unbranched alkanes of at least 4 members (excludes halogenated alkanes) is 1. The predicted octanol–water partition coefficient (Wildman–Crippen LogP) is 8.23. The molecule has 178 valence electrons. The van der Waals surface area contributed by atoms with Crippen LogP contribution in [0.25, 0.3) is 21.9 Å². The Hall–Kier alpha value is -3.72. The van der Waals surface area contributed by atoms with E-state index in [1.165, 1.54) is 41.2 Å². The second kappa shape index (κ2) is 11.6. The second-order valence-corrected chi connectivity index (χ2v) is 8.76. The summed E-state index contributed by atoms with van der Waals surface area (Å²) >= 11 is 0. The number of methoxy groups -OCH3 is 1. The summed E-state index contributed by atoms with van der Waals surface area (Å²) in [5.74, 6) is -0.453. The van der Waals surface area contributed by atoms with Gasteiger partial charge in [-0.1, -0.05) is 92.2 Å². The van der Waals surface area contributed by atoms with Gasteiger partial charge in [-0.2, -0.15) is 0 Å². The van der Waals surface area contributed by atoms with Crippen LogP contribution in [0.15, 0.2) is 91.0 Å². The Kier molecular flexibility index (Phi) is 8.10. The van der Waals surface area contributed by atoms with Crippen molar-refractivity contribution in [3.8, 4) is 0 Å². The van der Waals surface area contributed by atoms with Crippen LogP contribution in [0, 0.1) is 5.82 Å². The van der Waals surface area contributed by atoms with E-state index in [-0.39, 0.29) is 11.8 Å². The number of fused-ring (bicyclic) bond motifs is 1. The Morgan fingerprint density at radius 3 is 2.14 bits per heavy atom. The molecule has 0 fully saturated rings. The molecule has 0 aromatic heterocycles. The minimum Gasteiger partial charge on any atom is -0.469 e. The van der Waals surface area contributed by atoms with Crippen LogP contribution >= 0.6 is 0 Å². The Labute approximate surface area is 207 Å². The molecule has 0 saturated heterocycles. The van der Waals surface area contributed by atoms with Gasteiger partial charge in [0.2, 0.25) is 0 Å². The number of carbonyl (C=O) groups is 1. The molecule has 4 aromatic rings. The smallest absolute Gasteiger partial charge is 0.305 e. The molecule has 0 atom stereocenters. The maximum Gasteiger partial charge on any atom is 0.305 e. The lowest BCUT2D eigenvalue weighted by molar-refractivity contribution is -0.140. The molecule has 0 heterocycles. The van der Waals surface area contributed by atoms with E-state index in [4.69, 9.17) is 4.74 Å². The Balaban J connectivity index is 1.89. The fraction of sp³-hybridized carbons (Fsp3) is 0.219. The molecule has 0 spiro atoms. The first-order valence-corrected chi connectivity index (χ1v) is 12.2. The van der Waals surface area contributed by atoms with Gasteiger partial charge in [0, 0.05) is 6.42 Å². The fourth-order valence-electron chi connectivity index (χ4n) is 4.55. The van der Waals surface area contributed by atoms with E-state index < -0.39 is 0 Å². The molecule has 0 aliphatic rings. The van der Waals surface area contributed by atoms with Crippen molar-refractivity contribution in [3.05, 3.63) is 119 Å². The zero-order valence-electron chi connectivity index (χ0n) is 20.4. The van der Waals surface area contributed by atoms with Gasteiger partial charge in [-0.25, -0.2) is 4.39 Å². The molecule has 0 unspecified atom stereocenters. The molecule has 35 heavy (non-hydrogen) atoms. The van der Waals surface area contributed by atoms with Gasteiger partial charge < -0.3 is 4.74 Å². The molecule has 2 nitrogen and oxygen atoms in total. The van der Waals surface area contributed by atoms with E-state index in [1.807, 2.05) is 12.1 Å². The fourth-order valence-corrected chi connectivity index (χ4v) is 4.55. The summed E-state index contributed by atoms with van der Waals surface area (Å²) in [5, 5.41) is 2.42. The van der Waals surface area contributed by atoms with E-state index in [2.05, 4.69) is 73.7 Å². The van der Waals surface area contributed by atoms with Crippen molar-refractivity contribution in [3.63, 3.8) is 0 Å². The van der Waals surface area contributed by atoms with Crippen molar-refractivity contribution >= 4 is 27.9 Å². The van der Waals surface area contributed by atoms with Gasteiger partial charge in [-0.15, -0.1) is 0 Å². The van der Waals surface area contributed by atoms with E-state index in [0.717, 1.165) is 41.5 Å². The van der Waals surface area contributed by atoms with Gasteiger partial charge in [0.1, 0.15) is 5.82 Å². The number of esters is 1. The maximum atomic E-state index is 13.9. The van der Waals surface area contributed by atoms with E-state index >= 15 is 0 Å². The number of rotatable bonds is 9. The van der Waals surface area contributed by atoms with Crippen LogP contribution in [0.2, 0.25) is 0 Å². The minimum absolute atomic E-state index is 0.209. The maximum absolute atomic E-state index is 13.9. The molecule has 0 saturated carbocycles. The highest BCUT2D eigenvalue weighted by atomic mass is 19.1. The van der Waals surface area contributed by atoms with Crippen LogP contribution in [0.3, 0.4) is 0 Å². The van der Waals surface area contributed by atoms with Crippen LogP contribution < -0.4 is 0 Å². The molecular formula is C32H31FO2. The molecule has 0 bridgehead atoms. The molecule has 4 aromatic carbocycles. The third-order valence-corrected chi connectivity index (χ3v) is 6.42. The van der Waals surface area contributed by atoms with Gasteiger partial charge >= 0.3 is 5.97 Å². The minimum atomic E-state index is -0.244. The largest absolute Gasteiger partial charge is 0.469 e. The molecule has 0 aliphatic carbocycles. The standard InChI is InChI=1S/C32H31FO2/c1-3-4-10-30(29-12-7-9-24-8-5-6-11-28(24)29)32(26-18-20-27(33)21-19-26)25-16-13-23(14-17-25)15-22-31(34)35-2/h5-9,11-14,16-21H,3-4,10,15,22H2,1-2H3/b32-30-. The summed E-state index contributed by atoms with van der Waals surface area (Å²) in [6.07, 6.45) is 4.04. The topological polar surface area (TPSA) is 26.3 Å². The van der Waals surface area contributed by atoms with Gasteiger partial charge in [-0.05, 0) is 75.6 Å². The average Bonchev–Trinajstić information content (AvgIpc) is 2.90. The summed E-state index contributed by atoms with van der Waals surface area (Å²) in [6.45, 7) is 2.20. The van der Waals surface area contributed by atoms with Gasteiger partial charge in [0.15, 0.2) is 0 Å². The quantitative estimate of drug-likeness (QED) is 0.183. The third kappa shape index (κ3) is 5.86. The zero-order chi connectivity index (χ0) is 24.6. The third-order valence-electron chi connectivity index (χ3n) is 6.42. The summed E-state index contributed by atoms with van der Waals surface area (Å²) in [5.41, 5.74) is 6.75. The highest BCUT2D eigenvalue weighted by molar-refractivity contribution is 6.05.